The number of carbonyl (C=O) groups is 1. The molecular weight excluding hydrogens is 350 g/mol. The van der Waals surface area contributed by atoms with Crippen molar-refractivity contribution in [2.24, 2.45) is 5.92 Å². The molecule has 0 N–H and O–H groups in total. The van der Waals surface area contributed by atoms with Crippen LogP contribution in [0.5, 0.6) is 0 Å². The van der Waals surface area contributed by atoms with Gasteiger partial charge in [0.15, 0.2) is 0 Å². The standard InChI is InChI=1S/C22H35N5O/c1-18-17-20(24-22(23-18)27-11-5-6-12-27)25-13-15-26(16-14-25)21(28)10-9-19-7-3-2-4-8-19/h17,19H,2-16H2,1H3. The highest BCUT2D eigenvalue weighted by Crippen LogP contribution is 2.28. The first-order valence-corrected chi connectivity index (χ1v) is 11.3. The summed E-state index contributed by atoms with van der Waals surface area (Å²) in [5.41, 5.74) is 1.03. The van der Waals surface area contributed by atoms with Gasteiger partial charge in [0, 0.05) is 57.4 Å². The summed E-state index contributed by atoms with van der Waals surface area (Å²) in [7, 11) is 0. The van der Waals surface area contributed by atoms with Gasteiger partial charge < -0.3 is 14.7 Å². The van der Waals surface area contributed by atoms with Crippen molar-refractivity contribution in [3.05, 3.63) is 11.8 Å². The fourth-order valence-corrected chi connectivity index (χ4v) is 4.90. The Labute approximate surface area is 169 Å². The number of amides is 1. The Morgan fingerprint density at radius 2 is 1.64 bits per heavy atom. The molecule has 1 aliphatic carbocycles. The van der Waals surface area contributed by atoms with E-state index in [0.29, 0.717) is 5.91 Å². The second-order valence-corrected chi connectivity index (χ2v) is 8.77. The van der Waals surface area contributed by atoms with Gasteiger partial charge >= 0.3 is 0 Å². The number of aromatic nitrogens is 2. The first kappa shape index (κ1) is 19.5. The van der Waals surface area contributed by atoms with Crippen molar-refractivity contribution in [3.63, 3.8) is 0 Å². The molecule has 0 atom stereocenters. The quantitative estimate of drug-likeness (QED) is 0.778. The summed E-state index contributed by atoms with van der Waals surface area (Å²) in [5.74, 6) is 3.02. The van der Waals surface area contributed by atoms with E-state index < -0.39 is 0 Å². The maximum absolute atomic E-state index is 12.6. The fourth-order valence-electron chi connectivity index (χ4n) is 4.90. The van der Waals surface area contributed by atoms with Gasteiger partial charge in [-0.3, -0.25) is 4.79 Å². The molecule has 2 aliphatic heterocycles. The number of nitrogens with zero attached hydrogens (tertiary/aromatic N) is 5. The van der Waals surface area contributed by atoms with Gasteiger partial charge in [0.2, 0.25) is 11.9 Å². The molecule has 4 rings (SSSR count). The highest BCUT2D eigenvalue weighted by atomic mass is 16.2. The van der Waals surface area contributed by atoms with Crippen LogP contribution in [0.4, 0.5) is 11.8 Å². The Morgan fingerprint density at radius 3 is 2.36 bits per heavy atom. The van der Waals surface area contributed by atoms with Gasteiger partial charge in [0.1, 0.15) is 5.82 Å². The second kappa shape index (κ2) is 9.10. The van der Waals surface area contributed by atoms with Gasteiger partial charge in [-0.05, 0) is 32.1 Å². The molecule has 0 spiro atoms. The largest absolute Gasteiger partial charge is 0.353 e. The molecule has 6 heteroatoms. The van der Waals surface area contributed by atoms with Crippen LogP contribution in [0.3, 0.4) is 0 Å². The van der Waals surface area contributed by atoms with Crippen molar-refractivity contribution in [3.8, 4) is 0 Å². The highest BCUT2D eigenvalue weighted by Gasteiger charge is 2.24. The van der Waals surface area contributed by atoms with E-state index in [4.69, 9.17) is 4.98 Å². The molecule has 1 aromatic heterocycles. The van der Waals surface area contributed by atoms with Crippen LogP contribution in [0.15, 0.2) is 6.07 Å². The number of aryl methyl sites for hydroxylation is 1. The molecule has 1 saturated carbocycles. The lowest BCUT2D eigenvalue weighted by Crippen LogP contribution is -2.49. The first-order chi connectivity index (χ1) is 13.7. The van der Waals surface area contributed by atoms with E-state index in [0.717, 1.165) is 75.5 Å². The molecule has 3 heterocycles. The molecule has 0 radical (unpaired) electrons. The molecule has 3 fully saturated rings. The van der Waals surface area contributed by atoms with Crippen LogP contribution in [0.25, 0.3) is 0 Å². The SMILES string of the molecule is Cc1cc(N2CCN(C(=O)CCC3CCCCC3)CC2)nc(N2CCCC2)n1. The normalized spacial score (nSPS) is 21.4. The number of carbonyl (C=O) groups excluding carboxylic acids is 1. The summed E-state index contributed by atoms with van der Waals surface area (Å²) in [4.78, 5) is 28.8. The van der Waals surface area contributed by atoms with E-state index >= 15 is 0 Å². The van der Waals surface area contributed by atoms with E-state index in [9.17, 15) is 4.79 Å². The van der Waals surface area contributed by atoms with Crippen LogP contribution in [0.2, 0.25) is 0 Å². The molecule has 0 aromatic carbocycles. The summed E-state index contributed by atoms with van der Waals surface area (Å²) in [6.07, 6.45) is 11.0. The van der Waals surface area contributed by atoms with Gasteiger partial charge in [-0.25, -0.2) is 4.98 Å². The zero-order chi connectivity index (χ0) is 19.3. The lowest BCUT2D eigenvalue weighted by Gasteiger charge is -2.36. The minimum absolute atomic E-state index is 0.349. The predicted molar refractivity (Wildman–Crippen MR) is 113 cm³/mol. The molecule has 0 unspecified atom stereocenters. The Kier molecular flexibility index (Phi) is 6.33. The monoisotopic (exact) mass is 385 g/mol. The Bertz CT molecular complexity index is 659. The van der Waals surface area contributed by atoms with Crippen LogP contribution in [-0.2, 0) is 4.79 Å². The van der Waals surface area contributed by atoms with Crippen molar-refractivity contribution in [1.82, 2.24) is 14.9 Å². The summed E-state index contributed by atoms with van der Waals surface area (Å²) in [6.45, 7) is 7.53. The Morgan fingerprint density at radius 1 is 0.929 bits per heavy atom. The Hall–Kier alpha value is -1.85. The molecule has 1 amide bonds. The minimum Gasteiger partial charge on any atom is -0.353 e. The number of anilines is 2. The predicted octanol–water partition coefficient (Wildman–Crippen LogP) is 3.39. The molecular formula is C22H35N5O. The molecule has 1 aromatic rings. The van der Waals surface area contributed by atoms with Crippen LogP contribution in [0.1, 0.15) is 63.5 Å². The van der Waals surface area contributed by atoms with Gasteiger partial charge in [-0.15, -0.1) is 0 Å². The topological polar surface area (TPSA) is 52.6 Å². The molecule has 154 valence electrons. The molecule has 0 bridgehead atoms. The molecule has 3 aliphatic rings. The van der Waals surface area contributed by atoms with Crippen molar-refractivity contribution in [2.45, 2.75) is 64.7 Å². The molecule has 6 nitrogen and oxygen atoms in total. The lowest BCUT2D eigenvalue weighted by atomic mass is 9.86. The van der Waals surface area contributed by atoms with Crippen molar-refractivity contribution < 1.29 is 4.79 Å². The average molecular weight is 386 g/mol. The third kappa shape index (κ3) is 4.76. The van der Waals surface area contributed by atoms with Gasteiger partial charge in [-0.2, -0.15) is 4.98 Å². The number of hydrogen-bond donors (Lipinski definition) is 0. The van der Waals surface area contributed by atoms with E-state index in [1.54, 1.807) is 0 Å². The number of rotatable bonds is 5. The van der Waals surface area contributed by atoms with Crippen LogP contribution < -0.4 is 9.80 Å². The van der Waals surface area contributed by atoms with E-state index in [2.05, 4.69) is 32.7 Å². The smallest absolute Gasteiger partial charge is 0.227 e. The van der Waals surface area contributed by atoms with Gasteiger partial charge in [0.05, 0.1) is 0 Å². The molecule has 2 saturated heterocycles. The average Bonchev–Trinajstić information content (AvgIpc) is 3.27. The fraction of sp³-hybridized carbons (Fsp3) is 0.773. The maximum Gasteiger partial charge on any atom is 0.227 e. The van der Waals surface area contributed by atoms with Gasteiger partial charge in [0.25, 0.3) is 0 Å². The number of hydrogen-bond acceptors (Lipinski definition) is 5. The third-order valence-corrected chi connectivity index (χ3v) is 6.67. The summed E-state index contributed by atoms with van der Waals surface area (Å²) in [6, 6.07) is 2.08. The zero-order valence-electron chi connectivity index (χ0n) is 17.4. The molecule has 28 heavy (non-hydrogen) atoms. The van der Waals surface area contributed by atoms with E-state index in [1.165, 1.54) is 44.9 Å². The van der Waals surface area contributed by atoms with Crippen molar-refractivity contribution in [1.29, 1.82) is 0 Å². The van der Waals surface area contributed by atoms with Crippen molar-refractivity contribution in [2.75, 3.05) is 49.1 Å². The minimum atomic E-state index is 0.349. The van der Waals surface area contributed by atoms with E-state index in [1.807, 2.05) is 0 Å². The van der Waals surface area contributed by atoms with Crippen LogP contribution in [0, 0.1) is 12.8 Å². The summed E-state index contributed by atoms with van der Waals surface area (Å²) >= 11 is 0. The van der Waals surface area contributed by atoms with Crippen molar-refractivity contribution >= 4 is 17.7 Å². The summed E-state index contributed by atoms with van der Waals surface area (Å²) < 4.78 is 0. The van der Waals surface area contributed by atoms with E-state index in [-0.39, 0.29) is 0 Å². The third-order valence-electron chi connectivity index (χ3n) is 6.67. The first-order valence-electron chi connectivity index (χ1n) is 11.3. The zero-order valence-corrected chi connectivity index (χ0v) is 17.4. The van der Waals surface area contributed by atoms with Gasteiger partial charge in [-0.1, -0.05) is 32.1 Å². The maximum atomic E-state index is 12.6. The highest BCUT2D eigenvalue weighted by molar-refractivity contribution is 5.76. The second-order valence-electron chi connectivity index (χ2n) is 8.77. The number of piperazine rings is 1. The van der Waals surface area contributed by atoms with Crippen LogP contribution in [-0.4, -0.2) is 60.0 Å². The van der Waals surface area contributed by atoms with Crippen LogP contribution >= 0.6 is 0 Å². The Balaban J connectivity index is 1.29. The summed E-state index contributed by atoms with van der Waals surface area (Å²) in [5, 5.41) is 0. The lowest BCUT2D eigenvalue weighted by molar-refractivity contribution is -0.131.